The van der Waals surface area contributed by atoms with Crippen LogP contribution in [0.5, 0.6) is 0 Å². The van der Waals surface area contributed by atoms with Crippen molar-refractivity contribution in [2.45, 2.75) is 25.9 Å². The summed E-state index contributed by atoms with van der Waals surface area (Å²) in [7, 11) is 0. The van der Waals surface area contributed by atoms with Crippen LogP contribution in [0.1, 0.15) is 29.3 Å². The number of rotatable bonds is 9. The maximum atomic E-state index is 12.9. The highest BCUT2D eigenvalue weighted by molar-refractivity contribution is 5.97. The molecule has 0 aliphatic rings. The third-order valence-corrected chi connectivity index (χ3v) is 4.20. The average Bonchev–Trinajstić information content (AvgIpc) is 2.71. The Labute approximate surface area is 175 Å². The van der Waals surface area contributed by atoms with Crippen LogP contribution in [0, 0.1) is 10.1 Å². The molecule has 9 heteroatoms. The Morgan fingerprint density at radius 1 is 1.17 bits per heavy atom. The Hall–Kier alpha value is -2.97. The second-order valence-electron chi connectivity index (χ2n) is 6.39. The molecular formula is C20H25ClN4O4. The van der Waals surface area contributed by atoms with Crippen LogP contribution in [0.15, 0.2) is 54.6 Å². The molecule has 0 bridgehead atoms. The summed E-state index contributed by atoms with van der Waals surface area (Å²) in [5.41, 5.74) is 6.51. The van der Waals surface area contributed by atoms with Gasteiger partial charge in [-0.25, -0.2) is 0 Å². The number of nitrogens with one attached hydrogen (secondary N) is 1. The molecule has 0 heterocycles. The van der Waals surface area contributed by atoms with Gasteiger partial charge in [-0.15, -0.1) is 12.4 Å². The number of nitrogens with zero attached hydrogens (tertiary/aromatic N) is 2. The predicted molar refractivity (Wildman–Crippen MR) is 113 cm³/mol. The smallest absolute Gasteiger partial charge is 0.270 e. The lowest BCUT2D eigenvalue weighted by Gasteiger charge is -2.26. The van der Waals surface area contributed by atoms with E-state index in [-0.39, 0.29) is 29.6 Å². The van der Waals surface area contributed by atoms with E-state index < -0.39 is 16.9 Å². The molecule has 1 unspecified atom stereocenters. The summed E-state index contributed by atoms with van der Waals surface area (Å²) in [6.07, 6.45) is 0.643. The fraction of sp³-hybridized carbons (Fsp3) is 0.300. The zero-order valence-corrected chi connectivity index (χ0v) is 16.9. The zero-order valence-electron chi connectivity index (χ0n) is 16.1. The third-order valence-electron chi connectivity index (χ3n) is 4.20. The Balaban J connectivity index is 0.00000420. The first-order chi connectivity index (χ1) is 13.4. The largest absolute Gasteiger partial charge is 0.341 e. The minimum absolute atomic E-state index is 0. The number of nitro groups is 1. The number of non-ortho nitro benzene ring substituents is 1. The zero-order chi connectivity index (χ0) is 20.5. The number of nitro benzene ring substituents is 1. The molecule has 0 aromatic heterocycles. The monoisotopic (exact) mass is 420 g/mol. The maximum Gasteiger partial charge on any atom is 0.270 e. The van der Waals surface area contributed by atoms with Crippen molar-refractivity contribution in [3.8, 4) is 0 Å². The second kappa shape index (κ2) is 11.8. The van der Waals surface area contributed by atoms with Gasteiger partial charge in [0.2, 0.25) is 5.91 Å². The van der Waals surface area contributed by atoms with E-state index in [0.29, 0.717) is 26.1 Å². The van der Waals surface area contributed by atoms with E-state index in [0.717, 1.165) is 5.56 Å². The van der Waals surface area contributed by atoms with Gasteiger partial charge in [-0.3, -0.25) is 19.7 Å². The van der Waals surface area contributed by atoms with E-state index in [9.17, 15) is 19.7 Å². The van der Waals surface area contributed by atoms with E-state index in [1.165, 1.54) is 24.3 Å². The van der Waals surface area contributed by atoms with Gasteiger partial charge < -0.3 is 16.0 Å². The molecule has 0 radical (unpaired) electrons. The van der Waals surface area contributed by atoms with Gasteiger partial charge in [-0.05, 0) is 31.5 Å². The molecule has 0 aliphatic carbocycles. The van der Waals surface area contributed by atoms with Crippen LogP contribution < -0.4 is 11.1 Å². The predicted octanol–water partition coefficient (Wildman–Crippen LogP) is 2.51. The van der Waals surface area contributed by atoms with Crippen molar-refractivity contribution in [1.29, 1.82) is 0 Å². The fourth-order valence-corrected chi connectivity index (χ4v) is 2.73. The van der Waals surface area contributed by atoms with Crippen molar-refractivity contribution in [2.75, 3.05) is 13.1 Å². The van der Waals surface area contributed by atoms with Gasteiger partial charge in [0.25, 0.3) is 11.6 Å². The van der Waals surface area contributed by atoms with Gasteiger partial charge in [-0.2, -0.15) is 0 Å². The van der Waals surface area contributed by atoms with Gasteiger partial charge in [0.15, 0.2) is 0 Å². The lowest BCUT2D eigenvalue weighted by atomic mass is 10.1. The summed E-state index contributed by atoms with van der Waals surface area (Å²) < 4.78 is 0. The van der Waals surface area contributed by atoms with Gasteiger partial charge in [-0.1, -0.05) is 36.4 Å². The molecule has 2 amide bonds. The first-order valence-electron chi connectivity index (χ1n) is 9.00. The first kappa shape index (κ1) is 24.1. The van der Waals surface area contributed by atoms with Crippen LogP contribution in [0.2, 0.25) is 0 Å². The second-order valence-corrected chi connectivity index (χ2v) is 6.39. The number of carbonyl (C=O) groups is 2. The summed E-state index contributed by atoms with van der Waals surface area (Å²) in [5, 5.41) is 13.5. The topological polar surface area (TPSA) is 119 Å². The van der Waals surface area contributed by atoms with Gasteiger partial charge in [0.1, 0.15) is 6.04 Å². The fourth-order valence-electron chi connectivity index (χ4n) is 2.73. The molecule has 2 aromatic carbocycles. The quantitative estimate of drug-likeness (QED) is 0.477. The van der Waals surface area contributed by atoms with E-state index >= 15 is 0 Å². The molecule has 1 atom stereocenters. The lowest BCUT2D eigenvalue weighted by molar-refractivity contribution is -0.384. The van der Waals surface area contributed by atoms with Crippen molar-refractivity contribution in [1.82, 2.24) is 10.2 Å². The van der Waals surface area contributed by atoms with E-state index in [1.54, 1.807) is 11.8 Å². The standard InChI is InChI=1S/C20H24N4O4.ClH/c1-15(22-19(25)17-9-5-10-18(13-17)24(27)28)20(26)23(12-6-11-21)14-16-7-3-2-4-8-16;/h2-5,7-10,13,15H,6,11-12,14,21H2,1H3,(H,22,25);1H. The molecule has 0 fully saturated rings. The van der Waals surface area contributed by atoms with Gasteiger partial charge in [0, 0.05) is 30.8 Å². The normalized spacial score (nSPS) is 11.1. The maximum absolute atomic E-state index is 12.9. The van der Waals surface area contributed by atoms with Crippen molar-refractivity contribution >= 4 is 29.9 Å². The van der Waals surface area contributed by atoms with Crippen LogP contribution >= 0.6 is 12.4 Å². The molecule has 29 heavy (non-hydrogen) atoms. The molecule has 8 nitrogen and oxygen atoms in total. The van der Waals surface area contributed by atoms with Crippen molar-refractivity contribution in [3.63, 3.8) is 0 Å². The number of benzene rings is 2. The summed E-state index contributed by atoms with van der Waals surface area (Å²) in [4.78, 5) is 37.2. The summed E-state index contributed by atoms with van der Waals surface area (Å²) in [6, 6.07) is 14.2. The summed E-state index contributed by atoms with van der Waals surface area (Å²) in [6.45, 7) is 2.93. The molecule has 2 aromatic rings. The van der Waals surface area contributed by atoms with Crippen LogP contribution in [-0.4, -0.2) is 40.8 Å². The summed E-state index contributed by atoms with van der Waals surface area (Å²) >= 11 is 0. The summed E-state index contributed by atoms with van der Waals surface area (Å²) in [5.74, 6) is -0.779. The molecule has 0 saturated heterocycles. The van der Waals surface area contributed by atoms with Crippen LogP contribution in [0.25, 0.3) is 0 Å². The Bertz CT molecular complexity index is 832. The number of nitrogens with two attached hydrogens (primary N) is 1. The van der Waals surface area contributed by atoms with Crippen molar-refractivity contribution in [3.05, 3.63) is 75.8 Å². The lowest BCUT2D eigenvalue weighted by Crippen LogP contribution is -2.47. The Morgan fingerprint density at radius 2 is 1.86 bits per heavy atom. The number of hydrogen-bond acceptors (Lipinski definition) is 5. The van der Waals surface area contributed by atoms with Crippen LogP contribution in [0.3, 0.4) is 0 Å². The number of amides is 2. The van der Waals surface area contributed by atoms with E-state index in [4.69, 9.17) is 5.73 Å². The molecule has 2 rings (SSSR count). The number of carbonyl (C=O) groups excluding carboxylic acids is 2. The van der Waals surface area contributed by atoms with E-state index in [2.05, 4.69) is 5.32 Å². The highest BCUT2D eigenvalue weighted by Gasteiger charge is 2.23. The van der Waals surface area contributed by atoms with Crippen LogP contribution in [-0.2, 0) is 11.3 Å². The molecule has 156 valence electrons. The molecular weight excluding hydrogens is 396 g/mol. The van der Waals surface area contributed by atoms with Gasteiger partial charge in [0.05, 0.1) is 4.92 Å². The minimum Gasteiger partial charge on any atom is -0.341 e. The van der Waals surface area contributed by atoms with Gasteiger partial charge >= 0.3 is 0 Å². The molecule has 3 N–H and O–H groups in total. The van der Waals surface area contributed by atoms with Crippen LogP contribution in [0.4, 0.5) is 5.69 Å². The van der Waals surface area contributed by atoms with Crippen molar-refractivity contribution < 1.29 is 14.5 Å². The number of halogens is 1. The molecule has 0 saturated carbocycles. The Morgan fingerprint density at radius 3 is 2.48 bits per heavy atom. The number of hydrogen-bond donors (Lipinski definition) is 2. The van der Waals surface area contributed by atoms with E-state index in [1.807, 2.05) is 30.3 Å². The first-order valence-corrected chi connectivity index (χ1v) is 9.00. The third kappa shape index (κ3) is 7.17. The minimum atomic E-state index is -0.784. The molecule has 0 spiro atoms. The highest BCUT2D eigenvalue weighted by atomic mass is 35.5. The highest BCUT2D eigenvalue weighted by Crippen LogP contribution is 2.13. The molecule has 0 aliphatic heterocycles. The SMILES string of the molecule is CC(NC(=O)c1cccc([N+](=O)[O-])c1)C(=O)N(CCCN)Cc1ccccc1.Cl. The average molecular weight is 421 g/mol. The van der Waals surface area contributed by atoms with Crippen molar-refractivity contribution in [2.24, 2.45) is 5.73 Å². The Kier molecular flexibility index (Phi) is 9.78.